The monoisotopic (exact) mass is 137 g/mol. The van der Waals surface area contributed by atoms with E-state index in [1.54, 1.807) is 0 Å². The molecule has 0 aliphatic rings. The van der Waals surface area contributed by atoms with Crippen LogP contribution >= 0.6 is 11.6 Å². The van der Waals surface area contributed by atoms with Crippen molar-refractivity contribution in [2.24, 2.45) is 0 Å². The van der Waals surface area contributed by atoms with Gasteiger partial charge in [-0.15, -0.1) is 11.6 Å². The summed E-state index contributed by atoms with van der Waals surface area (Å²) in [6, 6.07) is 0. The lowest BCUT2D eigenvalue weighted by atomic mass is 10.3. The van der Waals surface area contributed by atoms with Gasteiger partial charge in [0.2, 0.25) is 6.54 Å². The van der Waals surface area contributed by atoms with Gasteiger partial charge in [0, 0.05) is 17.2 Å². The Morgan fingerprint density at radius 1 is 1.50 bits per heavy atom. The molecule has 3 nitrogen and oxygen atoms in total. The smallest absolute Gasteiger partial charge is 0.203 e. The van der Waals surface area contributed by atoms with Gasteiger partial charge in [-0.05, 0) is 6.42 Å². The van der Waals surface area contributed by atoms with Crippen molar-refractivity contribution in [3.8, 4) is 0 Å². The molecule has 0 fully saturated rings. The van der Waals surface area contributed by atoms with Crippen LogP contribution in [0.3, 0.4) is 0 Å². The SMILES string of the molecule is O=[N+]([O-])CCCCCl. The zero-order valence-electron chi connectivity index (χ0n) is 4.47. The molecule has 0 saturated carbocycles. The fourth-order valence-corrected chi connectivity index (χ4v) is 0.524. The van der Waals surface area contributed by atoms with Crippen LogP contribution in [0, 0.1) is 10.1 Å². The number of hydrogen-bond acceptors (Lipinski definition) is 2. The average Bonchev–Trinajstić information content (AvgIpc) is 1.66. The van der Waals surface area contributed by atoms with Gasteiger partial charge < -0.3 is 0 Å². The second kappa shape index (κ2) is 4.84. The van der Waals surface area contributed by atoms with E-state index in [1.165, 1.54) is 0 Å². The normalized spacial score (nSPS) is 9.12. The summed E-state index contributed by atoms with van der Waals surface area (Å²) < 4.78 is 0. The van der Waals surface area contributed by atoms with Crippen molar-refractivity contribution >= 4 is 11.6 Å². The molecule has 0 unspecified atom stereocenters. The fourth-order valence-electron chi connectivity index (χ4n) is 0.335. The highest BCUT2D eigenvalue weighted by Crippen LogP contribution is 1.90. The van der Waals surface area contributed by atoms with E-state index in [-0.39, 0.29) is 11.5 Å². The van der Waals surface area contributed by atoms with E-state index >= 15 is 0 Å². The third kappa shape index (κ3) is 5.69. The summed E-state index contributed by atoms with van der Waals surface area (Å²) in [6.45, 7) is 0.0483. The van der Waals surface area contributed by atoms with E-state index in [2.05, 4.69) is 0 Å². The Balaban J connectivity index is 2.82. The molecule has 0 N–H and O–H groups in total. The fraction of sp³-hybridized carbons (Fsp3) is 1.00. The lowest BCUT2D eigenvalue weighted by Crippen LogP contribution is -1.99. The lowest BCUT2D eigenvalue weighted by molar-refractivity contribution is -0.480. The average molecular weight is 138 g/mol. The summed E-state index contributed by atoms with van der Waals surface area (Å²) in [6.07, 6.45) is 1.33. The molecular formula is C4H8ClNO2. The van der Waals surface area contributed by atoms with E-state index in [1.807, 2.05) is 0 Å². The number of nitrogens with zero attached hydrogens (tertiary/aromatic N) is 1. The van der Waals surface area contributed by atoms with Crippen LogP contribution in [0.2, 0.25) is 0 Å². The van der Waals surface area contributed by atoms with Crippen LogP contribution in [0.15, 0.2) is 0 Å². The lowest BCUT2D eigenvalue weighted by Gasteiger charge is -1.87. The van der Waals surface area contributed by atoms with Crippen molar-refractivity contribution in [2.45, 2.75) is 12.8 Å². The number of hydrogen-bond donors (Lipinski definition) is 0. The Morgan fingerprint density at radius 2 is 2.12 bits per heavy atom. The minimum atomic E-state index is -0.327. The summed E-state index contributed by atoms with van der Waals surface area (Å²) in [7, 11) is 0. The van der Waals surface area contributed by atoms with E-state index in [4.69, 9.17) is 11.6 Å². The molecule has 0 atom stereocenters. The van der Waals surface area contributed by atoms with Gasteiger partial charge >= 0.3 is 0 Å². The Bertz CT molecular complexity index is 76.4. The standard InChI is InChI=1S/C4H8ClNO2/c5-3-1-2-4-6(7)8/h1-4H2. The number of nitro groups is 1. The molecule has 8 heavy (non-hydrogen) atoms. The van der Waals surface area contributed by atoms with Gasteiger partial charge in [0.1, 0.15) is 0 Å². The summed E-state index contributed by atoms with van der Waals surface area (Å²) in [4.78, 5) is 9.31. The number of unbranched alkanes of at least 4 members (excludes halogenated alkanes) is 1. The van der Waals surface area contributed by atoms with Crippen molar-refractivity contribution < 1.29 is 4.92 Å². The minimum Gasteiger partial charge on any atom is -0.265 e. The van der Waals surface area contributed by atoms with Crippen LogP contribution in [0.5, 0.6) is 0 Å². The van der Waals surface area contributed by atoms with Gasteiger partial charge in [-0.1, -0.05) is 0 Å². The molecule has 0 aromatic heterocycles. The second-order valence-electron chi connectivity index (χ2n) is 1.45. The molecule has 0 amide bonds. The van der Waals surface area contributed by atoms with E-state index in [0.717, 1.165) is 6.42 Å². The molecule has 0 aromatic rings. The van der Waals surface area contributed by atoms with Gasteiger partial charge in [0.05, 0.1) is 0 Å². The second-order valence-corrected chi connectivity index (χ2v) is 1.83. The molecule has 0 rings (SSSR count). The van der Waals surface area contributed by atoms with Crippen molar-refractivity contribution in [3.63, 3.8) is 0 Å². The molecule has 0 aromatic carbocycles. The molecule has 0 bridgehead atoms. The molecule has 0 aliphatic heterocycles. The van der Waals surface area contributed by atoms with E-state index < -0.39 is 0 Å². The van der Waals surface area contributed by atoms with E-state index in [0.29, 0.717) is 12.3 Å². The maximum Gasteiger partial charge on any atom is 0.203 e. The van der Waals surface area contributed by atoms with Crippen LogP contribution < -0.4 is 0 Å². The Hall–Kier alpha value is -0.310. The summed E-state index contributed by atoms with van der Waals surface area (Å²) in [5.41, 5.74) is 0. The highest BCUT2D eigenvalue weighted by molar-refractivity contribution is 6.17. The Kier molecular flexibility index (Phi) is 4.65. The predicted molar refractivity (Wildman–Crippen MR) is 31.8 cm³/mol. The molecular weight excluding hydrogens is 130 g/mol. The molecule has 48 valence electrons. The maximum absolute atomic E-state index is 9.64. The van der Waals surface area contributed by atoms with Gasteiger partial charge in [-0.25, -0.2) is 0 Å². The van der Waals surface area contributed by atoms with Crippen LogP contribution in [0.25, 0.3) is 0 Å². The first-order valence-electron chi connectivity index (χ1n) is 2.45. The minimum absolute atomic E-state index is 0.0483. The molecule has 0 radical (unpaired) electrons. The summed E-state index contributed by atoms with van der Waals surface area (Å²) in [5.74, 6) is 0.522. The highest BCUT2D eigenvalue weighted by Gasteiger charge is 1.93. The van der Waals surface area contributed by atoms with Crippen LogP contribution in [0.4, 0.5) is 0 Å². The Morgan fingerprint density at radius 3 is 2.50 bits per heavy atom. The molecule has 0 aliphatic carbocycles. The Labute approximate surface area is 52.8 Å². The van der Waals surface area contributed by atoms with Crippen LogP contribution in [0.1, 0.15) is 12.8 Å². The van der Waals surface area contributed by atoms with Crippen molar-refractivity contribution in [1.82, 2.24) is 0 Å². The molecule has 0 spiro atoms. The van der Waals surface area contributed by atoms with Crippen LogP contribution in [-0.4, -0.2) is 17.3 Å². The van der Waals surface area contributed by atoms with Gasteiger partial charge in [-0.3, -0.25) is 10.1 Å². The van der Waals surface area contributed by atoms with Gasteiger partial charge in [0.25, 0.3) is 0 Å². The zero-order valence-corrected chi connectivity index (χ0v) is 5.23. The molecule has 4 heteroatoms. The zero-order chi connectivity index (χ0) is 6.41. The molecule has 0 heterocycles. The quantitative estimate of drug-likeness (QED) is 0.254. The van der Waals surface area contributed by atoms with Gasteiger partial charge in [0.15, 0.2) is 0 Å². The number of alkyl halides is 1. The number of halogens is 1. The highest BCUT2D eigenvalue weighted by atomic mass is 35.5. The topological polar surface area (TPSA) is 43.1 Å². The first-order chi connectivity index (χ1) is 3.77. The first kappa shape index (κ1) is 7.69. The predicted octanol–water partition coefficient (Wildman–Crippen LogP) is 1.28. The maximum atomic E-state index is 9.64. The first-order valence-corrected chi connectivity index (χ1v) is 2.98. The molecule has 0 saturated heterocycles. The van der Waals surface area contributed by atoms with Crippen molar-refractivity contribution in [1.29, 1.82) is 0 Å². The van der Waals surface area contributed by atoms with Crippen molar-refractivity contribution in [3.05, 3.63) is 10.1 Å². The van der Waals surface area contributed by atoms with E-state index in [9.17, 15) is 10.1 Å². The summed E-state index contributed by atoms with van der Waals surface area (Å²) >= 11 is 5.26. The third-order valence-corrected chi connectivity index (χ3v) is 0.992. The largest absolute Gasteiger partial charge is 0.265 e. The summed E-state index contributed by atoms with van der Waals surface area (Å²) in [5, 5.41) is 9.64. The van der Waals surface area contributed by atoms with Gasteiger partial charge in [-0.2, -0.15) is 0 Å². The number of rotatable bonds is 4. The van der Waals surface area contributed by atoms with Crippen LogP contribution in [-0.2, 0) is 0 Å². The van der Waals surface area contributed by atoms with Crippen molar-refractivity contribution in [2.75, 3.05) is 12.4 Å². The third-order valence-electron chi connectivity index (χ3n) is 0.724.